The van der Waals surface area contributed by atoms with Gasteiger partial charge in [0.25, 0.3) is 0 Å². The Balaban J connectivity index is 2.31. The number of hydrogen-bond acceptors (Lipinski definition) is 1. The third kappa shape index (κ3) is 2.09. The molecular formula is C13H17F2N. The van der Waals surface area contributed by atoms with Gasteiger partial charge in [-0.3, -0.25) is 0 Å². The zero-order chi connectivity index (χ0) is 11.7. The van der Waals surface area contributed by atoms with Gasteiger partial charge in [0.1, 0.15) is 11.6 Å². The van der Waals surface area contributed by atoms with Crippen LogP contribution in [0, 0.1) is 25.5 Å². The van der Waals surface area contributed by atoms with E-state index in [0.29, 0.717) is 17.2 Å². The van der Waals surface area contributed by atoms with E-state index in [1.54, 1.807) is 13.8 Å². The number of nitrogens with one attached hydrogen (secondary N) is 1. The number of benzene rings is 1. The van der Waals surface area contributed by atoms with E-state index in [9.17, 15) is 8.78 Å². The van der Waals surface area contributed by atoms with Crippen LogP contribution in [0.1, 0.15) is 29.5 Å². The van der Waals surface area contributed by atoms with Crippen molar-refractivity contribution >= 4 is 0 Å². The highest BCUT2D eigenvalue weighted by molar-refractivity contribution is 5.36. The zero-order valence-corrected chi connectivity index (χ0v) is 9.74. The second-order valence-electron chi connectivity index (χ2n) is 4.57. The first-order chi connectivity index (χ1) is 7.59. The smallest absolute Gasteiger partial charge is 0.129 e. The highest BCUT2D eigenvalue weighted by Crippen LogP contribution is 2.23. The first-order valence-corrected chi connectivity index (χ1v) is 5.77. The van der Waals surface area contributed by atoms with Crippen molar-refractivity contribution in [3.8, 4) is 0 Å². The van der Waals surface area contributed by atoms with Gasteiger partial charge in [0.15, 0.2) is 0 Å². The van der Waals surface area contributed by atoms with Crippen molar-refractivity contribution in [3.05, 3.63) is 34.4 Å². The third-order valence-electron chi connectivity index (χ3n) is 3.49. The summed E-state index contributed by atoms with van der Waals surface area (Å²) in [6.45, 7) is 4.47. The molecular weight excluding hydrogens is 208 g/mol. The van der Waals surface area contributed by atoms with E-state index in [1.807, 2.05) is 0 Å². The average molecular weight is 225 g/mol. The summed E-state index contributed by atoms with van der Waals surface area (Å²) < 4.78 is 26.9. The van der Waals surface area contributed by atoms with Gasteiger partial charge >= 0.3 is 0 Å². The van der Waals surface area contributed by atoms with E-state index in [-0.39, 0.29) is 0 Å². The Kier molecular flexibility index (Phi) is 3.24. The van der Waals surface area contributed by atoms with Crippen molar-refractivity contribution in [1.82, 2.24) is 5.32 Å². The summed E-state index contributed by atoms with van der Waals surface area (Å²) in [6, 6.07) is 1.36. The Hall–Kier alpha value is -0.960. The van der Waals surface area contributed by atoms with Crippen LogP contribution in [0.4, 0.5) is 8.78 Å². The van der Waals surface area contributed by atoms with Crippen LogP contribution in [0.3, 0.4) is 0 Å². The molecule has 1 N–H and O–H groups in total. The van der Waals surface area contributed by atoms with Gasteiger partial charge in [-0.1, -0.05) is 0 Å². The molecule has 0 radical (unpaired) electrons. The zero-order valence-electron chi connectivity index (χ0n) is 9.74. The molecule has 88 valence electrons. The van der Waals surface area contributed by atoms with Crippen LogP contribution in [-0.2, 0) is 6.42 Å². The van der Waals surface area contributed by atoms with Crippen molar-refractivity contribution < 1.29 is 8.78 Å². The van der Waals surface area contributed by atoms with Crippen molar-refractivity contribution in [2.45, 2.75) is 39.2 Å². The summed E-state index contributed by atoms with van der Waals surface area (Å²) in [7, 11) is 0. The van der Waals surface area contributed by atoms with Crippen LogP contribution in [-0.4, -0.2) is 12.6 Å². The molecule has 0 bridgehead atoms. The van der Waals surface area contributed by atoms with Crippen molar-refractivity contribution in [1.29, 1.82) is 0 Å². The van der Waals surface area contributed by atoms with E-state index >= 15 is 0 Å². The van der Waals surface area contributed by atoms with Crippen LogP contribution >= 0.6 is 0 Å². The summed E-state index contributed by atoms with van der Waals surface area (Å²) in [5.74, 6) is -0.868. The molecule has 1 unspecified atom stereocenters. The van der Waals surface area contributed by atoms with E-state index in [2.05, 4.69) is 5.32 Å². The van der Waals surface area contributed by atoms with E-state index in [1.165, 1.54) is 0 Å². The van der Waals surface area contributed by atoms with Gasteiger partial charge in [0.2, 0.25) is 0 Å². The van der Waals surface area contributed by atoms with Crippen molar-refractivity contribution in [2.75, 3.05) is 6.54 Å². The minimum Gasteiger partial charge on any atom is -0.314 e. The number of halogens is 2. The van der Waals surface area contributed by atoms with Gasteiger partial charge in [-0.05, 0) is 56.3 Å². The van der Waals surface area contributed by atoms with Crippen molar-refractivity contribution in [2.24, 2.45) is 0 Å². The predicted octanol–water partition coefficient (Wildman–Crippen LogP) is 2.88. The van der Waals surface area contributed by atoms with Gasteiger partial charge in [-0.2, -0.15) is 0 Å². The molecule has 0 spiro atoms. The molecule has 1 heterocycles. The quantitative estimate of drug-likeness (QED) is 0.816. The molecule has 16 heavy (non-hydrogen) atoms. The summed E-state index contributed by atoms with van der Waals surface area (Å²) in [4.78, 5) is 0. The van der Waals surface area contributed by atoms with Crippen LogP contribution in [0.2, 0.25) is 0 Å². The highest BCUT2D eigenvalue weighted by Gasteiger charge is 2.19. The maximum Gasteiger partial charge on any atom is 0.129 e. The minimum absolute atomic E-state index is 0.374. The Bertz CT molecular complexity index is 369. The second kappa shape index (κ2) is 4.50. The average Bonchev–Trinajstić information content (AvgIpc) is 2.74. The molecule has 0 aromatic heterocycles. The van der Waals surface area contributed by atoms with Gasteiger partial charge in [-0.25, -0.2) is 8.78 Å². The van der Waals surface area contributed by atoms with Gasteiger partial charge in [0.05, 0.1) is 0 Å². The van der Waals surface area contributed by atoms with E-state index in [4.69, 9.17) is 0 Å². The van der Waals surface area contributed by atoms with E-state index in [0.717, 1.165) is 37.4 Å². The molecule has 0 aliphatic carbocycles. The van der Waals surface area contributed by atoms with Gasteiger partial charge < -0.3 is 5.32 Å². The van der Waals surface area contributed by atoms with E-state index < -0.39 is 11.6 Å². The lowest BCUT2D eigenvalue weighted by molar-refractivity contribution is 0.552. The molecule has 1 fully saturated rings. The lowest BCUT2D eigenvalue weighted by atomic mass is 9.95. The molecule has 2 rings (SSSR count). The first kappa shape index (κ1) is 11.5. The fourth-order valence-corrected chi connectivity index (χ4v) is 2.38. The molecule has 1 aliphatic heterocycles. The second-order valence-corrected chi connectivity index (χ2v) is 4.57. The molecule has 1 aliphatic rings. The van der Waals surface area contributed by atoms with Crippen LogP contribution in [0.15, 0.2) is 6.07 Å². The minimum atomic E-state index is -0.434. The fourth-order valence-electron chi connectivity index (χ4n) is 2.38. The maximum absolute atomic E-state index is 13.4. The first-order valence-electron chi connectivity index (χ1n) is 5.77. The molecule has 3 heteroatoms. The maximum atomic E-state index is 13.4. The fraction of sp³-hybridized carbons (Fsp3) is 0.538. The molecule has 1 saturated heterocycles. The number of hydrogen-bond donors (Lipinski definition) is 1. The monoisotopic (exact) mass is 225 g/mol. The van der Waals surface area contributed by atoms with Gasteiger partial charge in [0, 0.05) is 12.1 Å². The van der Waals surface area contributed by atoms with Crippen molar-refractivity contribution in [3.63, 3.8) is 0 Å². The normalized spacial score (nSPS) is 20.4. The third-order valence-corrected chi connectivity index (χ3v) is 3.49. The summed E-state index contributed by atoms with van der Waals surface area (Å²) in [6.07, 6.45) is 2.98. The van der Waals surface area contributed by atoms with Crippen LogP contribution < -0.4 is 5.32 Å². The highest BCUT2D eigenvalue weighted by atomic mass is 19.1. The summed E-state index contributed by atoms with van der Waals surface area (Å²) in [5.41, 5.74) is 2.01. The standard InChI is InChI=1S/C13H17F2N/c1-8-11(6-10-4-3-5-16-10)9(2)13(15)7-12(8)14/h7,10,16H,3-6H2,1-2H3. The Labute approximate surface area is 94.9 Å². The molecule has 0 saturated carbocycles. The summed E-state index contributed by atoms with van der Waals surface area (Å²) >= 11 is 0. The van der Waals surface area contributed by atoms with Crippen LogP contribution in [0.25, 0.3) is 0 Å². The van der Waals surface area contributed by atoms with Crippen LogP contribution in [0.5, 0.6) is 0 Å². The summed E-state index contributed by atoms with van der Waals surface area (Å²) in [5, 5.41) is 3.35. The molecule has 1 aromatic rings. The SMILES string of the molecule is Cc1c(F)cc(F)c(C)c1CC1CCCN1. The molecule has 0 amide bonds. The Morgan fingerprint density at radius 2 is 1.88 bits per heavy atom. The lowest BCUT2D eigenvalue weighted by Crippen LogP contribution is -2.24. The topological polar surface area (TPSA) is 12.0 Å². The Morgan fingerprint density at radius 1 is 1.25 bits per heavy atom. The largest absolute Gasteiger partial charge is 0.314 e. The lowest BCUT2D eigenvalue weighted by Gasteiger charge is -2.16. The molecule has 1 atom stereocenters. The Morgan fingerprint density at radius 3 is 2.38 bits per heavy atom. The van der Waals surface area contributed by atoms with Gasteiger partial charge in [-0.15, -0.1) is 0 Å². The molecule has 1 aromatic carbocycles. The predicted molar refractivity (Wildman–Crippen MR) is 60.6 cm³/mol. The molecule has 1 nitrogen and oxygen atoms in total. The number of rotatable bonds is 2.